The first-order valence-corrected chi connectivity index (χ1v) is 11.8. The van der Waals surface area contributed by atoms with Gasteiger partial charge in [0.1, 0.15) is 0 Å². The van der Waals surface area contributed by atoms with Crippen LogP contribution in [0.2, 0.25) is 5.02 Å². The maximum atomic E-state index is 12.7. The lowest BCUT2D eigenvalue weighted by atomic mass is 9.96. The van der Waals surface area contributed by atoms with Crippen LogP contribution in [0.3, 0.4) is 0 Å². The minimum Gasteiger partial charge on any atom is -0.339 e. The number of anilines is 1. The first-order chi connectivity index (χ1) is 17.1. The molecule has 1 N–H and O–H groups in total. The summed E-state index contributed by atoms with van der Waals surface area (Å²) in [5, 5.41) is 7.51. The standard InChI is InChI=1S/C27H23ClN4O3/c28-22-7-4-8-23(17-22)29-25(33)19-11-9-18(10-12-19)24-30-26(35-31-24)20-13-15-32(16-14-20)27(34)21-5-2-1-3-6-21/h1-12,17,20H,13-16H2,(H,29,33). The first kappa shape index (κ1) is 22.8. The molecule has 0 atom stereocenters. The second kappa shape index (κ2) is 10.1. The van der Waals surface area contributed by atoms with Gasteiger partial charge in [-0.05, 0) is 55.3 Å². The number of nitrogens with one attached hydrogen (secondary N) is 1. The molecule has 0 saturated carbocycles. The number of benzene rings is 3. The lowest BCUT2D eigenvalue weighted by Gasteiger charge is -2.30. The highest BCUT2D eigenvalue weighted by Gasteiger charge is 2.28. The van der Waals surface area contributed by atoms with Crippen LogP contribution in [0.15, 0.2) is 83.4 Å². The van der Waals surface area contributed by atoms with Crippen LogP contribution < -0.4 is 5.32 Å². The molecule has 176 valence electrons. The van der Waals surface area contributed by atoms with Gasteiger partial charge in [-0.2, -0.15) is 4.98 Å². The summed E-state index contributed by atoms with van der Waals surface area (Å²) >= 11 is 5.98. The zero-order valence-corrected chi connectivity index (χ0v) is 19.6. The highest BCUT2D eigenvalue weighted by molar-refractivity contribution is 6.31. The average molecular weight is 487 g/mol. The molecule has 1 aromatic heterocycles. The van der Waals surface area contributed by atoms with Gasteiger partial charge in [-0.25, -0.2) is 0 Å². The lowest BCUT2D eigenvalue weighted by molar-refractivity contribution is 0.0704. The predicted octanol–water partition coefficient (Wildman–Crippen LogP) is 5.66. The number of halogens is 1. The minimum absolute atomic E-state index is 0.0507. The SMILES string of the molecule is O=C(Nc1cccc(Cl)c1)c1ccc(-c2noc(C3CCN(C(=O)c4ccccc4)CC3)n2)cc1. The van der Waals surface area contributed by atoms with E-state index in [1.54, 1.807) is 48.5 Å². The van der Waals surface area contributed by atoms with Crippen LogP contribution in [0.5, 0.6) is 0 Å². The van der Waals surface area contributed by atoms with Crippen LogP contribution in [-0.2, 0) is 0 Å². The smallest absolute Gasteiger partial charge is 0.255 e. The topological polar surface area (TPSA) is 88.3 Å². The monoisotopic (exact) mass is 486 g/mol. The van der Waals surface area contributed by atoms with Gasteiger partial charge in [0, 0.05) is 46.4 Å². The quantitative estimate of drug-likeness (QED) is 0.393. The fraction of sp³-hybridized carbons (Fsp3) is 0.185. The Morgan fingerprint density at radius 2 is 1.66 bits per heavy atom. The number of carbonyl (C=O) groups is 2. The Kier molecular flexibility index (Phi) is 6.59. The number of aromatic nitrogens is 2. The van der Waals surface area contributed by atoms with Crippen LogP contribution >= 0.6 is 11.6 Å². The van der Waals surface area contributed by atoms with E-state index in [1.807, 2.05) is 35.2 Å². The fourth-order valence-electron chi connectivity index (χ4n) is 4.15. The molecule has 2 amide bonds. The van der Waals surface area contributed by atoms with Crippen LogP contribution in [-0.4, -0.2) is 39.9 Å². The lowest BCUT2D eigenvalue weighted by Crippen LogP contribution is -2.37. The summed E-state index contributed by atoms with van der Waals surface area (Å²) in [4.78, 5) is 31.6. The van der Waals surface area contributed by atoms with E-state index in [0.717, 1.165) is 18.4 Å². The Balaban J connectivity index is 1.20. The Bertz CT molecular complexity index is 1330. The largest absolute Gasteiger partial charge is 0.339 e. The number of hydrogen-bond donors (Lipinski definition) is 1. The molecule has 0 radical (unpaired) electrons. The van der Waals surface area contributed by atoms with Gasteiger partial charge < -0.3 is 14.7 Å². The van der Waals surface area contributed by atoms with E-state index in [2.05, 4.69) is 15.5 Å². The van der Waals surface area contributed by atoms with Crippen molar-refractivity contribution in [3.8, 4) is 11.4 Å². The molecule has 3 aromatic carbocycles. The molecule has 0 aliphatic carbocycles. The summed E-state index contributed by atoms with van der Waals surface area (Å²) in [6.07, 6.45) is 1.53. The van der Waals surface area contributed by atoms with E-state index in [-0.39, 0.29) is 17.7 Å². The molecule has 4 aromatic rings. The van der Waals surface area contributed by atoms with E-state index in [4.69, 9.17) is 16.1 Å². The summed E-state index contributed by atoms with van der Waals surface area (Å²) in [7, 11) is 0. The molecule has 1 aliphatic rings. The molecular weight excluding hydrogens is 464 g/mol. The van der Waals surface area contributed by atoms with E-state index in [1.165, 1.54) is 0 Å². The third kappa shape index (κ3) is 5.25. The molecule has 1 aliphatic heterocycles. The van der Waals surface area contributed by atoms with Crippen molar-refractivity contribution in [1.82, 2.24) is 15.0 Å². The summed E-state index contributed by atoms with van der Waals surface area (Å²) in [6.45, 7) is 1.29. The zero-order valence-electron chi connectivity index (χ0n) is 18.9. The highest BCUT2D eigenvalue weighted by atomic mass is 35.5. The predicted molar refractivity (Wildman–Crippen MR) is 133 cm³/mol. The number of amides is 2. The van der Waals surface area contributed by atoms with Gasteiger partial charge in [0.05, 0.1) is 0 Å². The van der Waals surface area contributed by atoms with Gasteiger partial charge in [0.2, 0.25) is 11.7 Å². The zero-order chi connectivity index (χ0) is 24.2. The summed E-state index contributed by atoms with van der Waals surface area (Å²) in [6, 6.07) is 23.4. The van der Waals surface area contributed by atoms with Gasteiger partial charge in [0.15, 0.2) is 0 Å². The molecule has 1 fully saturated rings. The van der Waals surface area contributed by atoms with Crippen LogP contribution in [0.1, 0.15) is 45.4 Å². The Morgan fingerprint density at radius 1 is 0.914 bits per heavy atom. The first-order valence-electron chi connectivity index (χ1n) is 11.4. The van der Waals surface area contributed by atoms with Crippen molar-refractivity contribution >= 4 is 29.1 Å². The third-order valence-electron chi connectivity index (χ3n) is 6.08. The van der Waals surface area contributed by atoms with E-state index < -0.39 is 0 Å². The molecule has 1 saturated heterocycles. The van der Waals surface area contributed by atoms with Crippen molar-refractivity contribution in [1.29, 1.82) is 0 Å². The number of likely N-dealkylation sites (tertiary alicyclic amines) is 1. The van der Waals surface area contributed by atoms with Crippen molar-refractivity contribution in [2.24, 2.45) is 0 Å². The van der Waals surface area contributed by atoms with Gasteiger partial charge in [-0.1, -0.05) is 53.2 Å². The molecule has 8 heteroatoms. The van der Waals surface area contributed by atoms with Gasteiger partial charge in [-0.3, -0.25) is 9.59 Å². The Hall–Kier alpha value is -3.97. The molecule has 0 bridgehead atoms. The molecule has 5 rings (SSSR count). The molecular formula is C27H23ClN4O3. The maximum Gasteiger partial charge on any atom is 0.255 e. The van der Waals surface area contributed by atoms with E-state index in [0.29, 0.717) is 46.6 Å². The fourth-order valence-corrected chi connectivity index (χ4v) is 4.34. The number of carbonyl (C=O) groups excluding carboxylic acids is 2. The molecule has 2 heterocycles. The maximum absolute atomic E-state index is 12.7. The van der Waals surface area contributed by atoms with Gasteiger partial charge in [-0.15, -0.1) is 0 Å². The van der Waals surface area contributed by atoms with Crippen LogP contribution in [0.25, 0.3) is 11.4 Å². The van der Waals surface area contributed by atoms with Gasteiger partial charge >= 0.3 is 0 Å². The van der Waals surface area contributed by atoms with Crippen LogP contribution in [0, 0.1) is 0 Å². The molecule has 0 unspecified atom stereocenters. The number of rotatable bonds is 5. The average Bonchev–Trinajstić information content (AvgIpc) is 3.39. The second-order valence-corrected chi connectivity index (χ2v) is 8.87. The van der Waals surface area contributed by atoms with Crippen molar-refractivity contribution in [2.45, 2.75) is 18.8 Å². The highest BCUT2D eigenvalue weighted by Crippen LogP contribution is 2.29. The van der Waals surface area contributed by atoms with Crippen molar-refractivity contribution in [2.75, 3.05) is 18.4 Å². The number of hydrogen-bond acceptors (Lipinski definition) is 5. The van der Waals surface area contributed by atoms with Crippen molar-refractivity contribution in [3.63, 3.8) is 0 Å². The molecule has 35 heavy (non-hydrogen) atoms. The van der Waals surface area contributed by atoms with E-state index >= 15 is 0 Å². The van der Waals surface area contributed by atoms with E-state index in [9.17, 15) is 9.59 Å². The third-order valence-corrected chi connectivity index (χ3v) is 6.32. The summed E-state index contributed by atoms with van der Waals surface area (Å²) in [5.74, 6) is 0.984. The van der Waals surface area contributed by atoms with Crippen molar-refractivity contribution < 1.29 is 14.1 Å². The summed E-state index contributed by atoms with van der Waals surface area (Å²) in [5.41, 5.74) is 2.60. The van der Waals surface area contributed by atoms with Crippen molar-refractivity contribution in [3.05, 3.63) is 101 Å². The second-order valence-electron chi connectivity index (χ2n) is 8.43. The molecule has 7 nitrogen and oxygen atoms in total. The van der Waals surface area contributed by atoms with Gasteiger partial charge in [0.25, 0.3) is 11.8 Å². The summed E-state index contributed by atoms with van der Waals surface area (Å²) < 4.78 is 5.55. The molecule has 0 spiro atoms. The normalized spacial score (nSPS) is 14.0. The Morgan fingerprint density at radius 3 is 2.37 bits per heavy atom. The Labute approximate surface area is 207 Å². The van der Waals surface area contributed by atoms with Crippen LogP contribution in [0.4, 0.5) is 5.69 Å². The minimum atomic E-state index is -0.232. The number of piperidine rings is 1. The number of nitrogens with zero attached hydrogens (tertiary/aromatic N) is 3.